The normalized spacial score (nSPS) is 24.7. The number of imide groups is 1. The van der Waals surface area contributed by atoms with Crippen LogP contribution >= 0.6 is 0 Å². The lowest BCUT2D eigenvalue weighted by Gasteiger charge is -2.32. The first-order chi connectivity index (χ1) is 12.2. The number of rotatable bonds is 4. The van der Waals surface area contributed by atoms with Gasteiger partial charge in [0.2, 0.25) is 5.91 Å². The zero-order valence-electron chi connectivity index (χ0n) is 13.8. The molecule has 2 fully saturated rings. The van der Waals surface area contributed by atoms with Crippen molar-refractivity contribution in [3.05, 3.63) is 24.2 Å². The van der Waals surface area contributed by atoms with Gasteiger partial charge in [-0.3, -0.25) is 19.8 Å². The standard InChI is InChI=1S/C16H18F3N3O4/c17-16(18,19)15(20-12(23)10-5-2-1-3-6-10)13(24)22(14(25)21-15)9-11-7-4-8-26-11/h4,7-8,10H,1-3,5-6,9H2,(H,20,23)(H,21,25)/t15-/m0/s1. The molecule has 1 aromatic heterocycles. The van der Waals surface area contributed by atoms with Gasteiger partial charge >= 0.3 is 12.2 Å². The van der Waals surface area contributed by atoms with Crippen molar-refractivity contribution in [2.75, 3.05) is 0 Å². The highest BCUT2D eigenvalue weighted by molar-refractivity contribution is 6.08. The molecule has 2 aliphatic rings. The van der Waals surface area contributed by atoms with Crippen LogP contribution in [0, 0.1) is 5.92 Å². The number of furan rings is 1. The van der Waals surface area contributed by atoms with Gasteiger partial charge in [-0.2, -0.15) is 13.2 Å². The molecule has 1 aromatic rings. The van der Waals surface area contributed by atoms with Crippen molar-refractivity contribution in [2.45, 2.75) is 50.5 Å². The van der Waals surface area contributed by atoms with E-state index in [0.29, 0.717) is 17.7 Å². The van der Waals surface area contributed by atoms with E-state index in [-0.39, 0.29) is 5.76 Å². The Bertz CT molecular complexity index is 698. The number of urea groups is 1. The molecule has 1 saturated heterocycles. The molecular formula is C16H18F3N3O4. The number of hydrogen-bond donors (Lipinski definition) is 2. The van der Waals surface area contributed by atoms with Gasteiger partial charge in [0, 0.05) is 5.92 Å². The van der Waals surface area contributed by atoms with Crippen LogP contribution in [0.2, 0.25) is 0 Å². The van der Waals surface area contributed by atoms with Crippen LogP contribution in [-0.2, 0) is 16.1 Å². The fourth-order valence-corrected chi connectivity index (χ4v) is 3.28. The van der Waals surface area contributed by atoms with Gasteiger partial charge in [0.25, 0.3) is 11.6 Å². The van der Waals surface area contributed by atoms with Gasteiger partial charge in [0.15, 0.2) is 0 Å². The van der Waals surface area contributed by atoms with Gasteiger partial charge in [-0.1, -0.05) is 19.3 Å². The van der Waals surface area contributed by atoms with Crippen molar-refractivity contribution in [2.24, 2.45) is 5.92 Å². The van der Waals surface area contributed by atoms with Gasteiger partial charge in [-0.25, -0.2) is 4.79 Å². The monoisotopic (exact) mass is 373 g/mol. The number of nitrogens with zero attached hydrogens (tertiary/aromatic N) is 1. The maximum absolute atomic E-state index is 13.7. The number of amides is 4. The summed E-state index contributed by atoms with van der Waals surface area (Å²) in [7, 11) is 0. The molecule has 1 aliphatic heterocycles. The van der Waals surface area contributed by atoms with E-state index in [1.54, 1.807) is 10.6 Å². The summed E-state index contributed by atoms with van der Waals surface area (Å²) in [4.78, 5) is 37.2. The predicted octanol–water partition coefficient (Wildman–Crippen LogP) is 2.29. The highest BCUT2D eigenvalue weighted by atomic mass is 19.4. The SMILES string of the molecule is O=C(N[C@]1(C(F)(F)F)NC(=O)N(Cc2ccco2)C1=O)C1CCCCC1. The van der Waals surface area contributed by atoms with E-state index in [2.05, 4.69) is 0 Å². The third kappa shape index (κ3) is 3.15. The molecule has 0 unspecified atom stereocenters. The van der Waals surface area contributed by atoms with Crippen molar-refractivity contribution in [1.82, 2.24) is 15.5 Å². The van der Waals surface area contributed by atoms with Crippen molar-refractivity contribution in [3.63, 3.8) is 0 Å². The van der Waals surface area contributed by atoms with Crippen LogP contribution in [-0.4, -0.2) is 34.6 Å². The number of halogens is 3. The van der Waals surface area contributed by atoms with Crippen LogP contribution in [0.25, 0.3) is 0 Å². The summed E-state index contributed by atoms with van der Waals surface area (Å²) in [6.45, 7) is -0.463. The van der Waals surface area contributed by atoms with Crippen LogP contribution in [0.4, 0.5) is 18.0 Å². The molecule has 0 aromatic carbocycles. The van der Waals surface area contributed by atoms with E-state index in [4.69, 9.17) is 4.42 Å². The Morgan fingerprint density at radius 2 is 2.00 bits per heavy atom. The van der Waals surface area contributed by atoms with E-state index in [1.165, 1.54) is 18.4 Å². The summed E-state index contributed by atoms with van der Waals surface area (Å²) in [6, 6.07) is 1.66. The zero-order chi connectivity index (χ0) is 18.9. The van der Waals surface area contributed by atoms with E-state index in [0.717, 1.165) is 19.3 Å². The molecule has 26 heavy (non-hydrogen) atoms. The van der Waals surface area contributed by atoms with Crippen molar-refractivity contribution >= 4 is 17.8 Å². The molecule has 1 atom stereocenters. The van der Waals surface area contributed by atoms with E-state index < -0.39 is 42.1 Å². The Balaban J connectivity index is 1.84. The molecule has 1 aliphatic carbocycles. The highest BCUT2D eigenvalue weighted by Crippen LogP contribution is 2.35. The Morgan fingerprint density at radius 1 is 1.31 bits per heavy atom. The smallest absolute Gasteiger partial charge is 0.440 e. The summed E-state index contributed by atoms with van der Waals surface area (Å²) >= 11 is 0. The average molecular weight is 373 g/mol. The second-order valence-corrected chi connectivity index (χ2v) is 6.47. The maximum atomic E-state index is 13.7. The number of carbonyl (C=O) groups excluding carboxylic acids is 3. The molecule has 7 nitrogen and oxygen atoms in total. The minimum Gasteiger partial charge on any atom is -0.467 e. The Kier molecular flexibility index (Phi) is 4.68. The molecule has 1 saturated carbocycles. The van der Waals surface area contributed by atoms with Crippen LogP contribution in [0.15, 0.2) is 22.8 Å². The van der Waals surface area contributed by atoms with Crippen LogP contribution < -0.4 is 10.6 Å². The lowest BCUT2D eigenvalue weighted by atomic mass is 9.88. The summed E-state index contributed by atoms with van der Waals surface area (Å²) in [5.74, 6) is -2.91. The number of carbonyl (C=O) groups is 3. The predicted molar refractivity (Wildman–Crippen MR) is 81.3 cm³/mol. The number of hydrogen-bond acceptors (Lipinski definition) is 4. The molecule has 4 amide bonds. The number of alkyl halides is 3. The molecule has 0 radical (unpaired) electrons. The quantitative estimate of drug-likeness (QED) is 0.792. The minimum absolute atomic E-state index is 0.144. The lowest BCUT2D eigenvalue weighted by Crippen LogP contribution is -2.70. The molecule has 0 bridgehead atoms. The van der Waals surface area contributed by atoms with Gasteiger partial charge in [0.05, 0.1) is 12.8 Å². The van der Waals surface area contributed by atoms with Gasteiger partial charge in [-0.15, -0.1) is 0 Å². The number of nitrogens with one attached hydrogen (secondary N) is 2. The van der Waals surface area contributed by atoms with Gasteiger partial charge in [0.1, 0.15) is 5.76 Å². The Morgan fingerprint density at radius 3 is 2.58 bits per heavy atom. The fraction of sp³-hybridized carbons (Fsp3) is 0.562. The lowest BCUT2D eigenvalue weighted by molar-refractivity contribution is -0.205. The first kappa shape index (κ1) is 18.3. The maximum Gasteiger partial charge on any atom is 0.440 e. The second-order valence-electron chi connectivity index (χ2n) is 6.47. The topological polar surface area (TPSA) is 91.7 Å². The second kappa shape index (κ2) is 6.65. The van der Waals surface area contributed by atoms with Crippen LogP contribution in [0.1, 0.15) is 37.9 Å². The first-order valence-corrected chi connectivity index (χ1v) is 8.30. The van der Waals surface area contributed by atoms with Gasteiger partial charge in [-0.05, 0) is 25.0 Å². The Hall–Kier alpha value is -2.52. The summed E-state index contributed by atoms with van der Waals surface area (Å²) in [5, 5.41) is 3.40. The Labute approximate surface area is 146 Å². The van der Waals surface area contributed by atoms with Gasteiger partial charge < -0.3 is 9.73 Å². The summed E-state index contributed by atoms with van der Waals surface area (Å²) in [6.07, 6.45) is -0.613. The van der Waals surface area contributed by atoms with Crippen LogP contribution in [0.5, 0.6) is 0 Å². The molecular weight excluding hydrogens is 355 g/mol. The highest BCUT2D eigenvalue weighted by Gasteiger charge is 2.69. The molecule has 10 heteroatoms. The first-order valence-electron chi connectivity index (χ1n) is 8.30. The summed E-state index contributed by atoms with van der Waals surface area (Å²) in [5.41, 5.74) is -3.45. The van der Waals surface area contributed by atoms with Crippen molar-refractivity contribution < 1.29 is 32.0 Å². The zero-order valence-corrected chi connectivity index (χ0v) is 13.8. The van der Waals surface area contributed by atoms with E-state index >= 15 is 0 Å². The molecule has 2 N–H and O–H groups in total. The molecule has 3 rings (SSSR count). The van der Waals surface area contributed by atoms with E-state index in [9.17, 15) is 27.6 Å². The largest absolute Gasteiger partial charge is 0.467 e. The minimum atomic E-state index is -5.19. The van der Waals surface area contributed by atoms with Crippen molar-refractivity contribution in [3.8, 4) is 0 Å². The third-order valence-corrected chi connectivity index (χ3v) is 4.71. The van der Waals surface area contributed by atoms with Crippen molar-refractivity contribution in [1.29, 1.82) is 0 Å². The van der Waals surface area contributed by atoms with E-state index in [1.807, 2.05) is 0 Å². The van der Waals surface area contributed by atoms with Crippen LogP contribution in [0.3, 0.4) is 0 Å². The third-order valence-electron chi connectivity index (χ3n) is 4.71. The fourth-order valence-electron chi connectivity index (χ4n) is 3.28. The molecule has 2 heterocycles. The summed E-state index contributed by atoms with van der Waals surface area (Å²) < 4.78 is 46.1. The molecule has 0 spiro atoms. The molecule has 142 valence electrons. The average Bonchev–Trinajstić information content (AvgIpc) is 3.18.